The Morgan fingerprint density at radius 2 is 2.17 bits per heavy atom. The second-order valence-corrected chi connectivity index (χ2v) is 4.71. The summed E-state index contributed by atoms with van der Waals surface area (Å²) in [5.41, 5.74) is 2.50. The van der Waals surface area contributed by atoms with Gasteiger partial charge in [0.1, 0.15) is 0 Å². The Labute approximate surface area is 107 Å². The molecular formula is C14H18N4. The molecule has 1 fully saturated rings. The quantitative estimate of drug-likeness (QED) is 0.865. The summed E-state index contributed by atoms with van der Waals surface area (Å²) in [7, 11) is 2.19. The van der Waals surface area contributed by atoms with Crippen molar-refractivity contribution in [1.29, 1.82) is 0 Å². The third-order valence-corrected chi connectivity index (χ3v) is 3.56. The van der Waals surface area contributed by atoms with Gasteiger partial charge in [-0.1, -0.05) is 18.2 Å². The molecule has 0 amide bonds. The monoisotopic (exact) mass is 242 g/mol. The Balaban J connectivity index is 2.01. The van der Waals surface area contributed by atoms with Crippen LogP contribution in [0.3, 0.4) is 0 Å². The lowest BCUT2D eigenvalue weighted by atomic mass is 10.0. The highest BCUT2D eigenvalue weighted by Crippen LogP contribution is 2.26. The Morgan fingerprint density at radius 1 is 1.28 bits per heavy atom. The number of benzene rings is 1. The van der Waals surface area contributed by atoms with E-state index in [1.165, 1.54) is 11.3 Å². The molecule has 0 aliphatic carbocycles. The number of hydrogen-bond acceptors (Lipinski definition) is 3. The Kier molecular flexibility index (Phi) is 3.13. The van der Waals surface area contributed by atoms with E-state index in [1.807, 2.05) is 23.1 Å². The number of hydrogen-bond donors (Lipinski definition) is 1. The number of piperazine rings is 1. The average molecular weight is 242 g/mol. The predicted molar refractivity (Wildman–Crippen MR) is 71.8 cm³/mol. The van der Waals surface area contributed by atoms with Crippen molar-refractivity contribution in [3.8, 4) is 5.69 Å². The second kappa shape index (κ2) is 4.92. The van der Waals surface area contributed by atoms with Crippen LogP contribution in [0.1, 0.15) is 11.6 Å². The van der Waals surface area contributed by atoms with E-state index >= 15 is 0 Å². The molecule has 1 aromatic heterocycles. The van der Waals surface area contributed by atoms with E-state index in [0.717, 1.165) is 19.6 Å². The van der Waals surface area contributed by atoms with Crippen LogP contribution in [0.2, 0.25) is 0 Å². The van der Waals surface area contributed by atoms with Crippen molar-refractivity contribution < 1.29 is 0 Å². The van der Waals surface area contributed by atoms with Crippen molar-refractivity contribution in [2.75, 3.05) is 26.7 Å². The molecule has 1 N–H and O–H groups in total. The SMILES string of the molecule is CN1CCNCC1c1ccccc1-n1cccn1. The zero-order chi connectivity index (χ0) is 12.4. The number of nitrogens with zero attached hydrogens (tertiary/aromatic N) is 3. The zero-order valence-corrected chi connectivity index (χ0v) is 10.6. The second-order valence-electron chi connectivity index (χ2n) is 4.71. The van der Waals surface area contributed by atoms with Crippen LogP contribution in [-0.4, -0.2) is 41.4 Å². The third kappa shape index (κ3) is 2.05. The standard InChI is InChI=1S/C14H18N4/c1-17-10-8-15-11-14(17)12-5-2-3-6-13(12)18-9-4-7-16-18/h2-7,9,14-15H,8,10-11H2,1H3. The predicted octanol–water partition coefficient (Wildman–Crippen LogP) is 1.45. The van der Waals surface area contributed by atoms with Crippen LogP contribution in [0.5, 0.6) is 0 Å². The molecule has 1 aromatic carbocycles. The minimum Gasteiger partial charge on any atom is -0.314 e. The molecular weight excluding hydrogens is 224 g/mol. The topological polar surface area (TPSA) is 33.1 Å². The maximum absolute atomic E-state index is 4.34. The smallest absolute Gasteiger partial charge is 0.0693 e. The summed E-state index contributed by atoms with van der Waals surface area (Å²) in [5.74, 6) is 0. The van der Waals surface area contributed by atoms with E-state index in [9.17, 15) is 0 Å². The van der Waals surface area contributed by atoms with Crippen molar-refractivity contribution in [2.24, 2.45) is 0 Å². The highest BCUT2D eigenvalue weighted by molar-refractivity contribution is 5.42. The fourth-order valence-electron chi connectivity index (χ4n) is 2.54. The summed E-state index contributed by atoms with van der Waals surface area (Å²) >= 11 is 0. The summed E-state index contributed by atoms with van der Waals surface area (Å²) in [6, 6.07) is 10.9. The van der Waals surface area contributed by atoms with Crippen LogP contribution in [0.25, 0.3) is 5.69 Å². The molecule has 0 bridgehead atoms. The summed E-state index contributed by atoms with van der Waals surface area (Å²) in [6.45, 7) is 3.14. The first kappa shape index (κ1) is 11.4. The van der Waals surface area contributed by atoms with Crippen molar-refractivity contribution in [1.82, 2.24) is 20.0 Å². The van der Waals surface area contributed by atoms with Gasteiger partial charge in [0.25, 0.3) is 0 Å². The van der Waals surface area contributed by atoms with Crippen molar-refractivity contribution in [3.05, 3.63) is 48.3 Å². The highest BCUT2D eigenvalue weighted by Gasteiger charge is 2.22. The maximum Gasteiger partial charge on any atom is 0.0693 e. The molecule has 3 rings (SSSR count). The van der Waals surface area contributed by atoms with Crippen LogP contribution in [0.4, 0.5) is 0 Å². The number of nitrogens with one attached hydrogen (secondary N) is 1. The van der Waals surface area contributed by atoms with Gasteiger partial charge in [0.05, 0.1) is 5.69 Å². The summed E-state index contributed by atoms with van der Waals surface area (Å²) in [6.07, 6.45) is 3.81. The Bertz CT molecular complexity index is 506. The lowest BCUT2D eigenvalue weighted by Crippen LogP contribution is -2.44. The maximum atomic E-state index is 4.34. The van der Waals surface area contributed by atoms with Crippen LogP contribution in [-0.2, 0) is 0 Å². The van der Waals surface area contributed by atoms with Gasteiger partial charge >= 0.3 is 0 Å². The van der Waals surface area contributed by atoms with Crippen LogP contribution >= 0.6 is 0 Å². The average Bonchev–Trinajstić information content (AvgIpc) is 2.93. The molecule has 0 radical (unpaired) electrons. The molecule has 94 valence electrons. The van der Waals surface area contributed by atoms with Gasteiger partial charge in [-0.25, -0.2) is 4.68 Å². The summed E-state index contributed by atoms with van der Waals surface area (Å²) < 4.78 is 1.94. The van der Waals surface area contributed by atoms with E-state index in [4.69, 9.17) is 0 Å². The Morgan fingerprint density at radius 3 is 2.94 bits per heavy atom. The molecule has 1 aliphatic rings. The van der Waals surface area contributed by atoms with Gasteiger partial charge in [-0.3, -0.25) is 4.90 Å². The van der Waals surface area contributed by atoms with E-state index in [-0.39, 0.29) is 0 Å². The van der Waals surface area contributed by atoms with Gasteiger partial charge in [0, 0.05) is 38.1 Å². The first-order valence-corrected chi connectivity index (χ1v) is 6.36. The minimum atomic E-state index is 0.416. The molecule has 2 aromatic rings. The molecule has 1 unspecified atom stereocenters. The van der Waals surface area contributed by atoms with Gasteiger partial charge in [-0.15, -0.1) is 0 Å². The summed E-state index contributed by atoms with van der Waals surface area (Å²) in [5, 5.41) is 7.81. The van der Waals surface area contributed by atoms with Crippen molar-refractivity contribution >= 4 is 0 Å². The van der Waals surface area contributed by atoms with Crippen molar-refractivity contribution in [3.63, 3.8) is 0 Å². The largest absolute Gasteiger partial charge is 0.314 e. The van der Waals surface area contributed by atoms with Crippen LogP contribution in [0.15, 0.2) is 42.7 Å². The Hall–Kier alpha value is -1.65. The lowest BCUT2D eigenvalue weighted by Gasteiger charge is -2.34. The molecule has 18 heavy (non-hydrogen) atoms. The molecule has 2 heterocycles. The fraction of sp³-hybridized carbons (Fsp3) is 0.357. The van der Waals surface area contributed by atoms with E-state index in [1.54, 1.807) is 0 Å². The first-order chi connectivity index (χ1) is 8.86. The lowest BCUT2D eigenvalue weighted by molar-refractivity contribution is 0.202. The van der Waals surface area contributed by atoms with E-state index < -0.39 is 0 Å². The highest BCUT2D eigenvalue weighted by atomic mass is 15.3. The van der Waals surface area contributed by atoms with E-state index in [0.29, 0.717) is 6.04 Å². The third-order valence-electron chi connectivity index (χ3n) is 3.56. The zero-order valence-electron chi connectivity index (χ0n) is 10.6. The normalized spacial score (nSPS) is 21.1. The van der Waals surface area contributed by atoms with Gasteiger partial charge in [-0.05, 0) is 24.7 Å². The number of para-hydroxylation sites is 1. The fourth-order valence-corrected chi connectivity index (χ4v) is 2.54. The molecule has 1 saturated heterocycles. The molecule has 0 spiro atoms. The van der Waals surface area contributed by atoms with E-state index in [2.05, 4.69) is 46.6 Å². The first-order valence-electron chi connectivity index (χ1n) is 6.36. The van der Waals surface area contributed by atoms with Crippen LogP contribution in [0, 0.1) is 0 Å². The molecule has 1 aliphatic heterocycles. The number of aromatic nitrogens is 2. The van der Waals surface area contributed by atoms with Crippen LogP contribution < -0.4 is 5.32 Å². The van der Waals surface area contributed by atoms with Gasteiger partial charge < -0.3 is 5.32 Å². The summed E-state index contributed by atoms with van der Waals surface area (Å²) in [4.78, 5) is 2.40. The number of rotatable bonds is 2. The van der Waals surface area contributed by atoms with Gasteiger partial charge in [0.2, 0.25) is 0 Å². The number of likely N-dealkylation sites (N-methyl/N-ethyl adjacent to an activating group) is 1. The molecule has 4 heteroatoms. The van der Waals surface area contributed by atoms with Crippen molar-refractivity contribution in [2.45, 2.75) is 6.04 Å². The molecule has 4 nitrogen and oxygen atoms in total. The molecule has 1 atom stereocenters. The molecule has 0 saturated carbocycles. The minimum absolute atomic E-state index is 0.416. The van der Waals surface area contributed by atoms with Gasteiger partial charge in [-0.2, -0.15) is 5.10 Å². The van der Waals surface area contributed by atoms with Gasteiger partial charge in [0.15, 0.2) is 0 Å².